The van der Waals surface area contributed by atoms with E-state index in [4.69, 9.17) is 4.74 Å². The molecule has 0 bridgehead atoms. The third-order valence-corrected chi connectivity index (χ3v) is 2.49. The zero-order valence-corrected chi connectivity index (χ0v) is 10.1. The Morgan fingerprint density at radius 2 is 1.53 bits per heavy atom. The smallest absolute Gasteiger partial charge is 0.245 e. The van der Waals surface area contributed by atoms with Crippen LogP contribution in [0.5, 0.6) is 11.5 Å². The Morgan fingerprint density at radius 1 is 0.947 bits per heavy atom. The molecule has 19 heavy (non-hydrogen) atoms. The predicted octanol–water partition coefficient (Wildman–Crippen LogP) is 4.32. The fraction of sp³-hybridized carbons (Fsp3) is 0.133. The van der Waals surface area contributed by atoms with E-state index in [-0.39, 0.29) is 5.56 Å². The van der Waals surface area contributed by atoms with E-state index in [0.29, 0.717) is 11.5 Å². The average molecular weight is 262 g/mol. The molecule has 0 radical (unpaired) electrons. The monoisotopic (exact) mass is 262 g/mol. The molecule has 2 aromatic rings. The number of Topliss-reactive ketones (excluding diaryl/α,β-unsaturated/α-hetero) is 1. The molecule has 2 aromatic carbocycles. The number of carbonyl (C=O) groups excluding carboxylic acids is 1. The van der Waals surface area contributed by atoms with Gasteiger partial charge in [0.1, 0.15) is 11.5 Å². The highest BCUT2D eigenvalue weighted by Gasteiger charge is 2.12. The highest BCUT2D eigenvalue weighted by molar-refractivity contribution is 5.96. The Morgan fingerprint density at radius 3 is 2.11 bits per heavy atom. The normalized spacial score (nSPS) is 10.5. The molecule has 0 unspecified atom stereocenters. The molecule has 0 amide bonds. The predicted molar refractivity (Wildman–Crippen MR) is 67.9 cm³/mol. The summed E-state index contributed by atoms with van der Waals surface area (Å²) in [7, 11) is 0. The van der Waals surface area contributed by atoms with Crippen LogP contribution in [0.3, 0.4) is 0 Å². The van der Waals surface area contributed by atoms with Crippen LogP contribution in [0.15, 0.2) is 54.6 Å². The third-order valence-electron chi connectivity index (χ3n) is 2.49. The molecule has 0 aliphatic heterocycles. The SMILES string of the molecule is O=C(CC(F)F)c1ccc(Oc2ccccc2)cc1. The van der Waals surface area contributed by atoms with Crippen LogP contribution in [0, 0.1) is 0 Å². The second kappa shape index (κ2) is 6.09. The largest absolute Gasteiger partial charge is 0.457 e. The molecule has 0 aromatic heterocycles. The van der Waals surface area contributed by atoms with Crippen molar-refractivity contribution in [1.29, 1.82) is 0 Å². The summed E-state index contributed by atoms with van der Waals surface area (Å²) in [5.41, 5.74) is 0.265. The first-order chi connectivity index (χ1) is 9.15. The molecule has 0 aliphatic rings. The first-order valence-corrected chi connectivity index (χ1v) is 5.79. The molecule has 98 valence electrons. The van der Waals surface area contributed by atoms with Gasteiger partial charge in [0.05, 0.1) is 6.42 Å². The molecular formula is C15H12F2O2. The number of hydrogen-bond acceptors (Lipinski definition) is 2. The topological polar surface area (TPSA) is 26.3 Å². The Hall–Kier alpha value is -2.23. The van der Waals surface area contributed by atoms with Crippen molar-refractivity contribution in [3.63, 3.8) is 0 Å². The standard InChI is InChI=1S/C15H12F2O2/c16-15(17)10-14(18)11-6-8-13(9-7-11)19-12-4-2-1-3-5-12/h1-9,15H,10H2. The summed E-state index contributed by atoms with van der Waals surface area (Å²) in [6.45, 7) is 0. The van der Waals surface area contributed by atoms with Crippen LogP contribution in [0.25, 0.3) is 0 Å². The first kappa shape index (κ1) is 13.2. The van der Waals surface area contributed by atoms with Gasteiger partial charge in [0.2, 0.25) is 6.43 Å². The summed E-state index contributed by atoms with van der Waals surface area (Å²) < 4.78 is 29.7. The summed E-state index contributed by atoms with van der Waals surface area (Å²) >= 11 is 0. The molecule has 0 heterocycles. The van der Waals surface area contributed by atoms with Crippen LogP contribution in [0.4, 0.5) is 8.78 Å². The van der Waals surface area contributed by atoms with Crippen LogP contribution in [0.1, 0.15) is 16.8 Å². The van der Waals surface area contributed by atoms with Gasteiger partial charge in [-0.15, -0.1) is 0 Å². The maximum Gasteiger partial charge on any atom is 0.245 e. The van der Waals surface area contributed by atoms with Crippen LogP contribution in [-0.2, 0) is 0 Å². The van der Waals surface area contributed by atoms with Gasteiger partial charge in [-0.3, -0.25) is 4.79 Å². The fourth-order valence-electron chi connectivity index (χ4n) is 1.59. The van der Waals surface area contributed by atoms with Crippen molar-refractivity contribution in [1.82, 2.24) is 0 Å². The Bertz CT molecular complexity index is 536. The molecule has 2 rings (SSSR count). The summed E-state index contributed by atoms with van der Waals surface area (Å²) in [6, 6.07) is 15.3. The van der Waals surface area contributed by atoms with E-state index in [2.05, 4.69) is 0 Å². The number of ketones is 1. The van der Waals surface area contributed by atoms with Gasteiger partial charge >= 0.3 is 0 Å². The summed E-state index contributed by atoms with van der Waals surface area (Å²) in [5, 5.41) is 0. The lowest BCUT2D eigenvalue weighted by Crippen LogP contribution is -2.04. The average Bonchev–Trinajstić information content (AvgIpc) is 2.40. The van der Waals surface area contributed by atoms with E-state index in [1.807, 2.05) is 18.2 Å². The van der Waals surface area contributed by atoms with Crippen LogP contribution < -0.4 is 4.74 Å². The van der Waals surface area contributed by atoms with Gasteiger partial charge in [0.15, 0.2) is 5.78 Å². The molecule has 0 saturated carbocycles. The summed E-state index contributed by atoms with van der Waals surface area (Å²) in [6.07, 6.45) is -3.37. The van der Waals surface area contributed by atoms with Gasteiger partial charge in [0.25, 0.3) is 0 Å². The number of alkyl halides is 2. The second-order valence-electron chi connectivity index (χ2n) is 3.96. The van der Waals surface area contributed by atoms with Crippen LogP contribution >= 0.6 is 0 Å². The highest BCUT2D eigenvalue weighted by Crippen LogP contribution is 2.21. The van der Waals surface area contributed by atoms with Crippen molar-refractivity contribution in [3.8, 4) is 11.5 Å². The highest BCUT2D eigenvalue weighted by atomic mass is 19.3. The van der Waals surface area contributed by atoms with Gasteiger partial charge in [-0.2, -0.15) is 0 Å². The van der Waals surface area contributed by atoms with E-state index < -0.39 is 18.6 Å². The Labute approximate surface area is 109 Å². The van der Waals surface area contributed by atoms with E-state index in [1.54, 1.807) is 24.3 Å². The molecule has 0 N–H and O–H groups in total. The van der Waals surface area contributed by atoms with Gasteiger partial charge < -0.3 is 4.74 Å². The van der Waals surface area contributed by atoms with Crippen molar-refractivity contribution in [2.24, 2.45) is 0 Å². The van der Waals surface area contributed by atoms with Gasteiger partial charge in [-0.25, -0.2) is 8.78 Å². The third kappa shape index (κ3) is 3.88. The maximum absolute atomic E-state index is 12.1. The number of para-hydroxylation sites is 1. The number of halogens is 2. The van der Waals surface area contributed by atoms with Crippen LogP contribution in [0.2, 0.25) is 0 Å². The van der Waals surface area contributed by atoms with E-state index >= 15 is 0 Å². The van der Waals surface area contributed by atoms with E-state index in [9.17, 15) is 13.6 Å². The quantitative estimate of drug-likeness (QED) is 0.750. The number of benzene rings is 2. The molecular weight excluding hydrogens is 250 g/mol. The molecule has 0 aliphatic carbocycles. The maximum atomic E-state index is 12.1. The van der Waals surface area contributed by atoms with E-state index in [0.717, 1.165) is 0 Å². The summed E-state index contributed by atoms with van der Waals surface area (Å²) in [5.74, 6) is 0.662. The fourth-order valence-corrected chi connectivity index (χ4v) is 1.59. The van der Waals surface area contributed by atoms with Crippen molar-refractivity contribution in [3.05, 3.63) is 60.2 Å². The first-order valence-electron chi connectivity index (χ1n) is 5.79. The number of rotatable bonds is 5. The lowest BCUT2D eigenvalue weighted by Gasteiger charge is -2.06. The van der Waals surface area contributed by atoms with Crippen molar-refractivity contribution in [2.75, 3.05) is 0 Å². The lowest BCUT2D eigenvalue weighted by molar-refractivity contribution is 0.0829. The minimum Gasteiger partial charge on any atom is -0.457 e. The van der Waals surface area contributed by atoms with Gasteiger partial charge in [-0.05, 0) is 36.4 Å². The van der Waals surface area contributed by atoms with E-state index in [1.165, 1.54) is 12.1 Å². The Balaban J connectivity index is 2.04. The molecule has 0 fully saturated rings. The summed E-state index contributed by atoms with van der Waals surface area (Å²) in [4.78, 5) is 11.4. The van der Waals surface area contributed by atoms with Crippen molar-refractivity contribution in [2.45, 2.75) is 12.8 Å². The minimum absolute atomic E-state index is 0.265. The molecule has 0 atom stereocenters. The van der Waals surface area contributed by atoms with Crippen LogP contribution in [-0.4, -0.2) is 12.2 Å². The second-order valence-corrected chi connectivity index (χ2v) is 3.96. The van der Waals surface area contributed by atoms with Gasteiger partial charge in [0, 0.05) is 5.56 Å². The zero-order valence-electron chi connectivity index (χ0n) is 10.1. The number of ether oxygens (including phenoxy) is 1. The lowest BCUT2D eigenvalue weighted by atomic mass is 10.1. The molecule has 4 heteroatoms. The minimum atomic E-state index is -2.62. The number of hydrogen-bond donors (Lipinski definition) is 0. The Kier molecular flexibility index (Phi) is 4.23. The zero-order chi connectivity index (χ0) is 13.7. The number of carbonyl (C=O) groups is 1. The van der Waals surface area contributed by atoms with Crippen molar-refractivity contribution < 1.29 is 18.3 Å². The van der Waals surface area contributed by atoms with Crippen molar-refractivity contribution >= 4 is 5.78 Å². The molecule has 0 spiro atoms. The molecule has 0 saturated heterocycles. The van der Waals surface area contributed by atoms with Gasteiger partial charge in [-0.1, -0.05) is 18.2 Å². The molecule has 2 nitrogen and oxygen atoms in total.